The van der Waals surface area contributed by atoms with Crippen LogP contribution in [0.15, 0.2) is 42.5 Å². The molecule has 0 unspecified atom stereocenters. The number of halogens is 2. The van der Waals surface area contributed by atoms with E-state index in [9.17, 15) is 0 Å². The summed E-state index contributed by atoms with van der Waals surface area (Å²) in [4.78, 5) is 0. The number of nitrogens with two attached hydrogens (primary N) is 1. The van der Waals surface area contributed by atoms with Gasteiger partial charge in [0.25, 0.3) is 0 Å². The van der Waals surface area contributed by atoms with Gasteiger partial charge in [0.2, 0.25) is 0 Å². The first-order valence-corrected chi connectivity index (χ1v) is 6.89. The third-order valence-electron chi connectivity index (χ3n) is 2.14. The highest BCUT2D eigenvalue weighted by Crippen LogP contribution is 2.26. The van der Waals surface area contributed by atoms with E-state index in [1.807, 2.05) is 30.3 Å². The van der Waals surface area contributed by atoms with Gasteiger partial charge in [-0.2, -0.15) is 0 Å². The highest BCUT2D eigenvalue weighted by Gasteiger charge is 2.02. The van der Waals surface area contributed by atoms with Gasteiger partial charge < -0.3 is 11.1 Å². The van der Waals surface area contributed by atoms with Crippen molar-refractivity contribution in [2.24, 2.45) is 0 Å². The fourth-order valence-electron chi connectivity index (χ4n) is 1.34. The molecule has 0 aromatic heterocycles. The summed E-state index contributed by atoms with van der Waals surface area (Å²) >= 11 is 4.60. The minimum atomic E-state index is 0.790. The Hall–Kier alpha value is -0.500. The second-order valence-electron chi connectivity index (χ2n) is 3.34. The van der Waals surface area contributed by atoms with Gasteiger partial charge in [-0.05, 0) is 75.5 Å². The van der Waals surface area contributed by atoms with Gasteiger partial charge in [-0.1, -0.05) is 12.1 Å². The summed E-state index contributed by atoms with van der Waals surface area (Å²) in [6, 6.07) is 14.1. The zero-order valence-corrected chi connectivity index (χ0v) is 12.7. The van der Waals surface area contributed by atoms with Crippen molar-refractivity contribution in [1.29, 1.82) is 0 Å². The molecule has 2 aromatic rings. The number of anilines is 3. The first-order valence-electron chi connectivity index (χ1n) is 4.73. The molecule has 0 heterocycles. The maximum absolute atomic E-state index is 5.72. The molecule has 0 saturated carbocycles. The Kier molecular flexibility index (Phi) is 3.91. The van der Waals surface area contributed by atoms with Gasteiger partial charge in [0, 0.05) is 12.8 Å². The Morgan fingerprint density at radius 1 is 0.875 bits per heavy atom. The minimum Gasteiger partial charge on any atom is -0.399 e. The van der Waals surface area contributed by atoms with E-state index in [0.29, 0.717) is 0 Å². The lowest BCUT2D eigenvalue weighted by molar-refractivity contribution is 1.50. The maximum atomic E-state index is 5.72. The fourth-order valence-corrected chi connectivity index (χ4v) is 2.54. The second-order valence-corrected chi connectivity index (χ2v) is 5.67. The largest absolute Gasteiger partial charge is 0.399 e. The van der Waals surface area contributed by atoms with E-state index in [-0.39, 0.29) is 0 Å². The van der Waals surface area contributed by atoms with Gasteiger partial charge in [0.15, 0.2) is 0 Å². The molecule has 0 aliphatic carbocycles. The van der Waals surface area contributed by atoms with Crippen LogP contribution in [0, 0.1) is 7.14 Å². The minimum absolute atomic E-state index is 0.790. The lowest BCUT2D eigenvalue weighted by atomic mass is 10.2. The number of nitrogen functional groups attached to an aromatic ring is 1. The number of benzene rings is 2. The van der Waals surface area contributed by atoms with Crippen molar-refractivity contribution >= 4 is 62.2 Å². The number of rotatable bonds is 2. The zero-order chi connectivity index (χ0) is 11.5. The van der Waals surface area contributed by atoms with Gasteiger partial charge in [-0.15, -0.1) is 0 Å². The lowest BCUT2D eigenvalue weighted by Gasteiger charge is -2.10. The second kappa shape index (κ2) is 5.22. The molecule has 2 nitrogen and oxygen atoms in total. The SMILES string of the molecule is Nc1ccc(Nc2ccccc2I)c(I)c1. The first kappa shape index (κ1) is 12.0. The van der Waals surface area contributed by atoms with Crippen molar-refractivity contribution in [3.63, 3.8) is 0 Å². The van der Waals surface area contributed by atoms with Crippen LogP contribution in [0.4, 0.5) is 17.1 Å². The standard InChI is InChI=1S/C12H10I2N2/c13-9-3-1-2-4-11(9)16-12-6-5-8(15)7-10(12)14/h1-7,16H,15H2. The molecule has 2 aromatic carbocycles. The quantitative estimate of drug-likeness (QED) is 0.547. The van der Waals surface area contributed by atoms with Gasteiger partial charge in [0.1, 0.15) is 0 Å². The summed E-state index contributed by atoms with van der Waals surface area (Å²) < 4.78 is 2.32. The summed E-state index contributed by atoms with van der Waals surface area (Å²) in [7, 11) is 0. The summed E-state index contributed by atoms with van der Waals surface area (Å²) in [6.07, 6.45) is 0. The fraction of sp³-hybridized carbons (Fsp3) is 0. The summed E-state index contributed by atoms with van der Waals surface area (Å²) in [5, 5.41) is 3.40. The number of hydrogen-bond donors (Lipinski definition) is 2. The highest BCUT2D eigenvalue weighted by molar-refractivity contribution is 14.1. The average molecular weight is 436 g/mol. The van der Waals surface area contributed by atoms with E-state index in [1.165, 1.54) is 3.57 Å². The van der Waals surface area contributed by atoms with E-state index >= 15 is 0 Å². The zero-order valence-electron chi connectivity index (χ0n) is 8.37. The molecule has 16 heavy (non-hydrogen) atoms. The Bertz CT molecular complexity index is 512. The summed E-state index contributed by atoms with van der Waals surface area (Å²) in [6.45, 7) is 0. The van der Waals surface area contributed by atoms with Crippen LogP contribution in [-0.2, 0) is 0 Å². The number of hydrogen-bond acceptors (Lipinski definition) is 2. The normalized spacial score (nSPS) is 10.1. The van der Waals surface area contributed by atoms with Crippen molar-refractivity contribution in [1.82, 2.24) is 0 Å². The van der Waals surface area contributed by atoms with Crippen LogP contribution in [0.2, 0.25) is 0 Å². The van der Waals surface area contributed by atoms with Crippen LogP contribution >= 0.6 is 45.2 Å². The van der Waals surface area contributed by atoms with Crippen molar-refractivity contribution in [3.05, 3.63) is 49.6 Å². The Balaban J connectivity index is 2.31. The molecular formula is C12H10I2N2. The topological polar surface area (TPSA) is 38.0 Å². The van der Waals surface area contributed by atoms with Gasteiger partial charge in [-0.25, -0.2) is 0 Å². The van der Waals surface area contributed by atoms with Crippen molar-refractivity contribution in [2.75, 3.05) is 11.1 Å². The molecule has 2 rings (SSSR count). The molecule has 4 heteroatoms. The van der Waals surface area contributed by atoms with E-state index in [2.05, 4.69) is 62.6 Å². The van der Waals surface area contributed by atoms with E-state index in [0.717, 1.165) is 20.6 Å². The third-order valence-corrected chi connectivity index (χ3v) is 3.97. The molecule has 0 aliphatic heterocycles. The van der Waals surface area contributed by atoms with Gasteiger partial charge in [-0.3, -0.25) is 0 Å². The Labute approximate surface area is 122 Å². The molecule has 0 fully saturated rings. The highest BCUT2D eigenvalue weighted by atomic mass is 127. The van der Waals surface area contributed by atoms with E-state index in [4.69, 9.17) is 5.73 Å². The number of para-hydroxylation sites is 1. The van der Waals surface area contributed by atoms with Crippen molar-refractivity contribution in [2.45, 2.75) is 0 Å². The molecule has 3 N–H and O–H groups in total. The molecule has 82 valence electrons. The first-order chi connectivity index (χ1) is 7.66. The molecular weight excluding hydrogens is 426 g/mol. The smallest absolute Gasteiger partial charge is 0.0521 e. The lowest BCUT2D eigenvalue weighted by Crippen LogP contribution is -1.96. The van der Waals surface area contributed by atoms with Crippen LogP contribution in [0.3, 0.4) is 0 Å². The van der Waals surface area contributed by atoms with Crippen molar-refractivity contribution < 1.29 is 0 Å². The molecule has 0 aliphatic rings. The Morgan fingerprint density at radius 2 is 1.56 bits per heavy atom. The van der Waals surface area contributed by atoms with Crippen LogP contribution in [0.5, 0.6) is 0 Å². The summed E-state index contributed by atoms with van der Waals surface area (Å²) in [5.41, 5.74) is 8.71. The molecule has 0 saturated heterocycles. The van der Waals surface area contributed by atoms with E-state index in [1.54, 1.807) is 0 Å². The van der Waals surface area contributed by atoms with Crippen LogP contribution in [-0.4, -0.2) is 0 Å². The predicted octanol–water partition coefficient (Wildman–Crippen LogP) is 4.22. The molecule has 0 bridgehead atoms. The van der Waals surface area contributed by atoms with Crippen LogP contribution in [0.1, 0.15) is 0 Å². The maximum Gasteiger partial charge on any atom is 0.0521 e. The Morgan fingerprint density at radius 3 is 2.25 bits per heavy atom. The molecule has 0 atom stereocenters. The van der Waals surface area contributed by atoms with Crippen LogP contribution < -0.4 is 11.1 Å². The van der Waals surface area contributed by atoms with Crippen molar-refractivity contribution in [3.8, 4) is 0 Å². The predicted molar refractivity (Wildman–Crippen MR) is 86.0 cm³/mol. The molecule has 0 amide bonds. The van der Waals surface area contributed by atoms with Gasteiger partial charge >= 0.3 is 0 Å². The average Bonchev–Trinajstić information content (AvgIpc) is 2.25. The number of nitrogens with one attached hydrogen (secondary N) is 1. The van der Waals surface area contributed by atoms with E-state index < -0.39 is 0 Å². The van der Waals surface area contributed by atoms with Crippen LogP contribution in [0.25, 0.3) is 0 Å². The summed E-state index contributed by atoms with van der Waals surface area (Å²) in [5.74, 6) is 0. The van der Waals surface area contributed by atoms with Gasteiger partial charge in [0.05, 0.1) is 11.4 Å². The molecule has 0 radical (unpaired) electrons. The molecule has 0 spiro atoms. The monoisotopic (exact) mass is 436 g/mol. The third kappa shape index (κ3) is 2.79.